The number of benzene rings is 1. The molecule has 0 atom stereocenters. The van der Waals surface area contributed by atoms with Gasteiger partial charge in [-0.25, -0.2) is 0 Å². The minimum Gasteiger partial charge on any atom is -0.493 e. The van der Waals surface area contributed by atoms with E-state index < -0.39 is 0 Å². The number of anilines is 1. The molecule has 2 N–H and O–H groups in total. The van der Waals surface area contributed by atoms with Crippen LogP contribution in [0.3, 0.4) is 0 Å². The summed E-state index contributed by atoms with van der Waals surface area (Å²) in [6.07, 6.45) is 2.56. The molecule has 1 aromatic carbocycles. The van der Waals surface area contributed by atoms with Crippen molar-refractivity contribution in [1.82, 2.24) is 4.98 Å². The van der Waals surface area contributed by atoms with Crippen LogP contribution in [0.25, 0.3) is 0 Å². The topological polar surface area (TPSA) is 57.4 Å². The largest absolute Gasteiger partial charge is 0.493 e. The zero-order chi connectivity index (χ0) is 13.5. The van der Waals surface area contributed by atoms with Crippen LogP contribution in [0.4, 0.5) is 5.69 Å². The Labute approximate surface area is 113 Å². The minimum absolute atomic E-state index is 0.576. The number of ether oxygens (including phenoxy) is 2. The molecule has 0 aliphatic heterocycles. The van der Waals surface area contributed by atoms with Crippen LogP contribution in [0.1, 0.15) is 12.6 Å². The lowest BCUT2D eigenvalue weighted by Crippen LogP contribution is -2.03. The zero-order valence-corrected chi connectivity index (χ0v) is 11.0. The smallest absolute Gasteiger partial charge is 0.145 e. The van der Waals surface area contributed by atoms with Gasteiger partial charge in [0.25, 0.3) is 0 Å². The van der Waals surface area contributed by atoms with Gasteiger partial charge in [0.05, 0.1) is 18.9 Å². The summed E-state index contributed by atoms with van der Waals surface area (Å²) in [6.45, 7) is 3.09. The third kappa shape index (κ3) is 3.88. The van der Waals surface area contributed by atoms with E-state index in [-0.39, 0.29) is 0 Å². The van der Waals surface area contributed by atoms with Gasteiger partial charge < -0.3 is 15.2 Å². The van der Waals surface area contributed by atoms with Crippen molar-refractivity contribution >= 4 is 5.69 Å². The van der Waals surface area contributed by atoms with Gasteiger partial charge in [-0.1, -0.05) is 6.07 Å². The monoisotopic (exact) mass is 258 g/mol. The molecule has 0 aliphatic carbocycles. The van der Waals surface area contributed by atoms with E-state index >= 15 is 0 Å². The van der Waals surface area contributed by atoms with Crippen LogP contribution in [0.15, 0.2) is 42.6 Å². The summed E-state index contributed by atoms with van der Waals surface area (Å²) in [6, 6.07) is 11.3. The first-order valence-electron chi connectivity index (χ1n) is 6.34. The van der Waals surface area contributed by atoms with E-state index in [1.807, 2.05) is 37.3 Å². The van der Waals surface area contributed by atoms with Crippen molar-refractivity contribution < 1.29 is 9.47 Å². The number of nitrogen functional groups attached to an aromatic ring is 1. The normalized spacial score (nSPS) is 10.2. The number of nitrogens with two attached hydrogens (primary N) is 1. The van der Waals surface area contributed by atoms with Crippen molar-refractivity contribution in [2.75, 3.05) is 18.9 Å². The van der Waals surface area contributed by atoms with Crippen molar-refractivity contribution in [3.05, 3.63) is 48.3 Å². The number of aromatic nitrogens is 1. The molecule has 0 aliphatic rings. The van der Waals surface area contributed by atoms with E-state index in [2.05, 4.69) is 4.98 Å². The second kappa shape index (κ2) is 6.64. The molecule has 0 saturated heterocycles. The summed E-state index contributed by atoms with van der Waals surface area (Å²) >= 11 is 0. The third-order valence-electron chi connectivity index (χ3n) is 2.64. The highest BCUT2D eigenvalue weighted by molar-refractivity contribution is 5.55. The predicted octanol–water partition coefficient (Wildman–Crippen LogP) is 2.68. The third-order valence-corrected chi connectivity index (χ3v) is 2.64. The average molecular weight is 258 g/mol. The summed E-state index contributed by atoms with van der Waals surface area (Å²) in [5, 5.41) is 0. The number of pyridine rings is 1. The van der Waals surface area contributed by atoms with Gasteiger partial charge in [-0.2, -0.15) is 0 Å². The highest BCUT2D eigenvalue weighted by Crippen LogP contribution is 2.26. The number of hydrogen-bond acceptors (Lipinski definition) is 4. The van der Waals surface area contributed by atoms with Gasteiger partial charge in [-0.15, -0.1) is 0 Å². The molecule has 100 valence electrons. The Balaban J connectivity index is 1.91. The Morgan fingerprint density at radius 3 is 2.79 bits per heavy atom. The maximum absolute atomic E-state index is 5.80. The van der Waals surface area contributed by atoms with Gasteiger partial charge in [0, 0.05) is 24.4 Å². The molecule has 0 amide bonds. The van der Waals surface area contributed by atoms with Crippen LogP contribution >= 0.6 is 0 Å². The highest BCUT2D eigenvalue weighted by atomic mass is 16.5. The minimum atomic E-state index is 0.576. The number of rotatable bonds is 6. The maximum Gasteiger partial charge on any atom is 0.145 e. The Morgan fingerprint density at radius 2 is 2.05 bits per heavy atom. The molecule has 0 radical (unpaired) electrons. The van der Waals surface area contributed by atoms with E-state index in [0.29, 0.717) is 24.7 Å². The second-order valence-corrected chi connectivity index (χ2v) is 4.05. The molecule has 0 spiro atoms. The summed E-state index contributed by atoms with van der Waals surface area (Å²) in [7, 11) is 0. The van der Waals surface area contributed by atoms with Gasteiger partial charge in [0.15, 0.2) is 0 Å². The molecule has 1 heterocycles. The first kappa shape index (κ1) is 13.2. The van der Waals surface area contributed by atoms with Crippen molar-refractivity contribution in [2.24, 2.45) is 0 Å². The first-order chi connectivity index (χ1) is 9.29. The fourth-order valence-electron chi connectivity index (χ4n) is 1.70. The lowest BCUT2D eigenvalue weighted by atomic mass is 10.2. The lowest BCUT2D eigenvalue weighted by Gasteiger charge is -2.10. The van der Waals surface area contributed by atoms with Crippen molar-refractivity contribution in [3.8, 4) is 11.5 Å². The van der Waals surface area contributed by atoms with Crippen molar-refractivity contribution in [1.29, 1.82) is 0 Å². The second-order valence-electron chi connectivity index (χ2n) is 4.05. The molecule has 2 aromatic rings. The van der Waals surface area contributed by atoms with Crippen LogP contribution < -0.4 is 15.2 Å². The van der Waals surface area contributed by atoms with E-state index in [1.165, 1.54) is 0 Å². The number of hydrogen-bond donors (Lipinski definition) is 1. The molecular weight excluding hydrogens is 240 g/mol. The summed E-state index contributed by atoms with van der Waals surface area (Å²) in [5.41, 5.74) is 7.45. The van der Waals surface area contributed by atoms with Crippen LogP contribution in [-0.4, -0.2) is 18.2 Å². The Bertz CT molecular complexity index is 515. The predicted molar refractivity (Wildman–Crippen MR) is 75.5 cm³/mol. The van der Waals surface area contributed by atoms with Crippen LogP contribution in [0, 0.1) is 0 Å². The van der Waals surface area contributed by atoms with E-state index in [4.69, 9.17) is 15.2 Å². The Hall–Kier alpha value is -2.23. The van der Waals surface area contributed by atoms with Gasteiger partial charge >= 0.3 is 0 Å². The van der Waals surface area contributed by atoms with Gasteiger partial charge in [-0.05, 0) is 31.2 Å². The maximum atomic E-state index is 5.80. The molecule has 0 unspecified atom stereocenters. The van der Waals surface area contributed by atoms with Crippen LogP contribution in [0.2, 0.25) is 0 Å². The standard InChI is InChI=1S/C15H18N2O2/c1-2-18-15-11-13(6-7-14(15)16)19-10-8-12-5-3-4-9-17-12/h3-7,9,11H,2,8,10,16H2,1H3. The van der Waals surface area contributed by atoms with Crippen molar-refractivity contribution in [3.63, 3.8) is 0 Å². The SMILES string of the molecule is CCOc1cc(OCCc2ccccn2)ccc1N. The van der Waals surface area contributed by atoms with E-state index in [0.717, 1.165) is 17.9 Å². The summed E-state index contributed by atoms with van der Waals surface area (Å²) in [5.74, 6) is 1.42. The molecule has 19 heavy (non-hydrogen) atoms. The first-order valence-corrected chi connectivity index (χ1v) is 6.34. The molecule has 2 rings (SSSR count). The fourth-order valence-corrected chi connectivity index (χ4v) is 1.70. The molecular formula is C15H18N2O2. The van der Waals surface area contributed by atoms with Gasteiger partial charge in [-0.3, -0.25) is 4.98 Å². The van der Waals surface area contributed by atoms with E-state index in [1.54, 1.807) is 12.3 Å². The molecule has 0 bridgehead atoms. The molecule has 1 aromatic heterocycles. The Morgan fingerprint density at radius 1 is 1.16 bits per heavy atom. The van der Waals surface area contributed by atoms with Crippen molar-refractivity contribution in [2.45, 2.75) is 13.3 Å². The molecule has 0 saturated carbocycles. The average Bonchev–Trinajstić information content (AvgIpc) is 2.44. The zero-order valence-electron chi connectivity index (χ0n) is 11.0. The summed E-state index contributed by atoms with van der Waals surface area (Å²) < 4.78 is 11.1. The lowest BCUT2D eigenvalue weighted by molar-refractivity contribution is 0.312. The van der Waals surface area contributed by atoms with Gasteiger partial charge in [0.2, 0.25) is 0 Å². The van der Waals surface area contributed by atoms with Crippen LogP contribution in [-0.2, 0) is 6.42 Å². The molecule has 4 heteroatoms. The van der Waals surface area contributed by atoms with E-state index in [9.17, 15) is 0 Å². The quantitative estimate of drug-likeness (QED) is 0.809. The molecule has 4 nitrogen and oxygen atoms in total. The fraction of sp³-hybridized carbons (Fsp3) is 0.267. The molecule has 0 fully saturated rings. The highest BCUT2D eigenvalue weighted by Gasteiger charge is 2.03. The Kier molecular flexibility index (Phi) is 4.61. The summed E-state index contributed by atoms with van der Waals surface area (Å²) in [4.78, 5) is 4.25. The van der Waals surface area contributed by atoms with Gasteiger partial charge in [0.1, 0.15) is 11.5 Å². The van der Waals surface area contributed by atoms with Crippen LogP contribution in [0.5, 0.6) is 11.5 Å². The number of nitrogens with zero attached hydrogens (tertiary/aromatic N) is 1.